The predicted molar refractivity (Wildman–Crippen MR) is 79.0 cm³/mol. The van der Waals surface area contributed by atoms with Gasteiger partial charge < -0.3 is 15.2 Å². The van der Waals surface area contributed by atoms with E-state index in [4.69, 9.17) is 5.73 Å². The summed E-state index contributed by atoms with van der Waals surface area (Å²) in [5.41, 5.74) is 7.49. The van der Waals surface area contributed by atoms with Crippen molar-refractivity contribution in [2.24, 2.45) is 0 Å². The highest BCUT2D eigenvalue weighted by Crippen LogP contribution is 2.23. The predicted octanol–water partition coefficient (Wildman–Crippen LogP) is 2.63. The lowest BCUT2D eigenvalue weighted by molar-refractivity contribution is 0.238. The zero-order valence-electron chi connectivity index (χ0n) is 11.8. The van der Waals surface area contributed by atoms with Crippen LogP contribution in [-0.4, -0.2) is 34.1 Å². The summed E-state index contributed by atoms with van der Waals surface area (Å²) < 4.78 is 15.2. The fourth-order valence-electron chi connectivity index (χ4n) is 3.14. The van der Waals surface area contributed by atoms with Crippen LogP contribution >= 0.6 is 0 Å². The van der Waals surface area contributed by atoms with Gasteiger partial charge in [-0.1, -0.05) is 12.8 Å². The molecule has 1 aromatic carbocycles. The zero-order chi connectivity index (χ0) is 14.1. The number of benzene rings is 1. The number of nitrogens with zero attached hydrogens (tertiary/aromatic N) is 3. The van der Waals surface area contributed by atoms with E-state index < -0.39 is 0 Å². The summed E-state index contributed by atoms with van der Waals surface area (Å²) in [5.74, 6) is 0.190. The fraction of sp³-hybridized carbons (Fsp3) is 0.533. The molecule has 1 fully saturated rings. The Hall–Kier alpha value is -1.62. The van der Waals surface area contributed by atoms with Crippen molar-refractivity contribution in [1.82, 2.24) is 14.5 Å². The Morgan fingerprint density at radius 2 is 2.15 bits per heavy atom. The van der Waals surface area contributed by atoms with Gasteiger partial charge in [0.05, 0.1) is 11.0 Å². The Bertz CT molecular complexity index is 601. The topological polar surface area (TPSA) is 47.1 Å². The third-order valence-corrected chi connectivity index (χ3v) is 4.36. The standard InChI is InChI=1S/C15H21FN4/c1-19(12-4-2-3-5-12)8-9-20-14-7-6-11(16)10-13(14)18-15(20)17/h6-7,10,12H,2-5,8-9H2,1H3,(H2,17,18). The molecule has 1 aromatic heterocycles. The molecule has 0 aliphatic heterocycles. The minimum Gasteiger partial charge on any atom is -0.369 e. The van der Waals surface area contributed by atoms with Crippen molar-refractivity contribution < 1.29 is 4.39 Å². The molecule has 3 rings (SSSR count). The van der Waals surface area contributed by atoms with Gasteiger partial charge in [0.15, 0.2) is 0 Å². The summed E-state index contributed by atoms with van der Waals surface area (Å²) in [6.45, 7) is 1.73. The Balaban J connectivity index is 1.75. The molecule has 0 bridgehead atoms. The molecule has 4 nitrogen and oxygen atoms in total. The highest BCUT2D eigenvalue weighted by atomic mass is 19.1. The SMILES string of the molecule is CN(CCn1c(N)nc2cc(F)ccc21)C1CCCC1. The minimum absolute atomic E-state index is 0.273. The summed E-state index contributed by atoms with van der Waals surface area (Å²) in [6, 6.07) is 5.34. The second-order valence-electron chi connectivity index (χ2n) is 5.67. The van der Waals surface area contributed by atoms with Gasteiger partial charge in [0.25, 0.3) is 0 Å². The quantitative estimate of drug-likeness (QED) is 0.934. The molecule has 0 radical (unpaired) electrons. The van der Waals surface area contributed by atoms with Crippen LogP contribution < -0.4 is 5.73 Å². The lowest BCUT2D eigenvalue weighted by Gasteiger charge is -2.24. The van der Waals surface area contributed by atoms with Gasteiger partial charge in [-0.3, -0.25) is 0 Å². The first-order valence-corrected chi connectivity index (χ1v) is 7.26. The molecule has 0 amide bonds. The Labute approximate surface area is 118 Å². The number of likely N-dealkylation sites (N-methyl/N-ethyl adjacent to an activating group) is 1. The molecule has 1 heterocycles. The van der Waals surface area contributed by atoms with Gasteiger partial charge >= 0.3 is 0 Å². The van der Waals surface area contributed by atoms with Crippen molar-refractivity contribution in [1.29, 1.82) is 0 Å². The molecule has 0 saturated heterocycles. The number of rotatable bonds is 4. The van der Waals surface area contributed by atoms with Crippen molar-refractivity contribution in [3.63, 3.8) is 0 Å². The molecule has 5 heteroatoms. The van der Waals surface area contributed by atoms with Crippen LogP contribution in [0.15, 0.2) is 18.2 Å². The van der Waals surface area contributed by atoms with Crippen molar-refractivity contribution in [3.05, 3.63) is 24.0 Å². The van der Waals surface area contributed by atoms with E-state index in [-0.39, 0.29) is 5.82 Å². The summed E-state index contributed by atoms with van der Waals surface area (Å²) in [5, 5.41) is 0. The number of halogens is 1. The van der Waals surface area contributed by atoms with Crippen molar-refractivity contribution in [2.75, 3.05) is 19.3 Å². The number of nitrogens with two attached hydrogens (primary N) is 1. The molecule has 0 spiro atoms. The smallest absolute Gasteiger partial charge is 0.201 e. The highest BCUT2D eigenvalue weighted by molar-refractivity contribution is 5.78. The molecule has 1 saturated carbocycles. The van der Waals surface area contributed by atoms with Gasteiger partial charge in [0, 0.05) is 25.2 Å². The Kier molecular flexibility index (Phi) is 3.61. The lowest BCUT2D eigenvalue weighted by atomic mass is 10.2. The largest absolute Gasteiger partial charge is 0.369 e. The van der Waals surface area contributed by atoms with E-state index in [0.717, 1.165) is 18.6 Å². The first-order valence-electron chi connectivity index (χ1n) is 7.26. The summed E-state index contributed by atoms with van der Waals surface area (Å²) in [7, 11) is 2.17. The number of fused-ring (bicyclic) bond motifs is 1. The average molecular weight is 276 g/mol. The van der Waals surface area contributed by atoms with Crippen molar-refractivity contribution >= 4 is 17.0 Å². The number of hydrogen-bond acceptors (Lipinski definition) is 3. The molecule has 108 valence electrons. The van der Waals surface area contributed by atoms with Crippen LogP contribution in [0, 0.1) is 5.82 Å². The van der Waals surface area contributed by atoms with Gasteiger partial charge in [-0.15, -0.1) is 0 Å². The van der Waals surface area contributed by atoms with Gasteiger partial charge in [-0.25, -0.2) is 9.37 Å². The Morgan fingerprint density at radius 3 is 2.90 bits per heavy atom. The Morgan fingerprint density at radius 1 is 1.40 bits per heavy atom. The maximum Gasteiger partial charge on any atom is 0.201 e. The number of anilines is 1. The first kappa shape index (κ1) is 13.4. The molecular formula is C15H21FN4. The van der Waals surface area contributed by atoms with Crippen LogP contribution in [0.5, 0.6) is 0 Å². The maximum atomic E-state index is 13.2. The zero-order valence-corrected chi connectivity index (χ0v) is 11.8. The van der Waals surface area contributed by atoms with Crippen LogP contribution in [0.4, 0.5) is 10.3 Å². The van der Waals surface area contributed by atoms with Crippen LogP contribution in [0.25, 0.3) is 11.0 Å². The van der Waals surface area contributed by atoms with Gasteiger partial charge in [0.2, 0.25) is 5.95 Å². The van der Waals surface area contributed by atoms with Crippen LogP contribution in [0.3, 0.4) is 0 Å². The van der Waals surface area contributed by atoms with E-state index >= 15 is 0 Å². The van der Waals surface area contributed by atoms with E-state index in [1.54, 1.807) is 6.07 Å². The molecule has 1 aliphatic rings. The monoisotopic (exact) mass is 276 g/mol. The molecule has 1 aliphatic carbocycles. The lowest BCUT2D eigenvalue weighted by Crippen LogP contribution is -2.32. The molecule has 2 aromatic rings. The second-order valence-corrected chi connectivity index (χ2v) is 5.67. The number of imidazole rings is 1. The molecule has 2 N–H and O–H groups in total. The highest BCUT2D eigenvalue weighted by Gasteiger charge is 2.19. The van der Waals surface area contributed by atoms with E-state index in [1.165, 1.54) is 37.8 Å². The average Bonchev–Trinajstić information content (AvgIpc) is 3.03. The summed E-state index contributed by atoms with van der Waals surface area (Å²) >= 11 is 0. The number of aromatic nitrogens is 2. The van der Waals surface area contributed by atoms with Crippen LogP contribution in [-0.2, 0) is 6.54 Å². The molecule has 20 heavy (non-hydrogen) atoms. The molecule has 0 unspecified atom stereocenters. The van der Waals surface area contributed by atoms with E-state index in [9.17, 15) is 4.39 Å². The molecule has 0 atom stereocenters. The van der Waals surface area contributed by atoms with Crippen molar-refractivity contribution in [2.45, 2.75) is 38.3 Å². The van der Waals surface area contributed by atoms with Crippen LogP contribution in [0.2, 0.25) is 0 Å². The third-order valence-electron chi connectivity index (χ3n) is 4.36. The van der Waals surface area contributed by atoms with Crippen LogP contribution in [0.1, 0.15) is 25.7 Å². The number of nitrogen functional groups attached to an aromatic ring is 1. The molecular weight excluding hydrogens is 255 g/mol. The number of hydrogen-bond donors (Lipinski definition) is 1. The van der Waals surface area contributed by atoms with E-state index in [0.29, 0.717) is 17.5 Å². The maximum absolute atomic E-state index is 13.2. The summed E-state index contributed by atoms with van der Waals surface area (Å²) in [4.78, 5) is 6.64. The van der Waals surface area contributed by atoms with Gasteiger partial charge in [-0.2, -0.15) is 0 Å². The van der Waals surface area contributed by atoms with E-state index in [1.807, 2.05) is 4.57 Å². The normalized spacial score (nSPS) is 16.6. The first-order chi connectivity index (χ1) is 9.65. The fourth-order valence-corrected chi connectivity index (χ4v) is 3.14. The van der Waals surface area contributed by atoms with Gasteiger partial charge in [-0.05, 0) is 32.0 Å². The second kappa shape index (κ2) is 5.40. The summed E-state index contributed by atoms with van der Waals surface area (Å²) in [6.07, 6.45) is 5.26. The van der Waals surface area contributed by atoms with E-state index in [2.05, 4.69) is 16.9 Å². The van der Waals surface area contributed by atoms with Gasteiger partial charge in [0.1, 0.15) is 5.82 Å². The third kappa shape index (κ3) is 2.50. The minimum atomic E-state index is -0.273. The van der Waals surface area contributed by atoms with Crippen molar-refractivity contribution in [3.8, 4) is 0 Å².